The number of halogens is 3. The zero-order chi connectivity index (χ0) is 21.5. The summed E-state index contributed by atoms with van der Waals surface area (Å²) in [7, 11) is -5.63. The van der Waals surface area contributed by atoms with Gasteiger partial charge >= 0.3 is 15.6 Å². The molecule has 0 radical (unpaired) electrons. The number of allylic oxidation sites excluding steroid dienone is 2. The van der Waals surface area contributed by atoms with Crippen LogP contribution in [0.15, 0.2) is 11.8 Å². The molecule has 1 aliphatic heterocycles. The first-order valence-corrected chi connectivity index (χ1v) is 11.8. The van der Waals surface area contributed by atoms with Gasteiger partial charge < -0.3 is 13.7 Å². The zero-order valence-corrected chi connectivity index (χ0v) is 18.1. The van der Waals surface area contributed by atoms with Gasteiger partial charge in [0.15, 0.2) is 5.79 Å². The highest BCUT2D eigenvalue weighted by Gasteiger charge is 2.54. The molecule has 1 saturated heterocycles. The molecular weight excluding hydrogens is 409 g/mol. The molecule has 0 spiro atoms. The first kappa shape index (κ1) is 22.9. The molecule has 0 bridgehead atoms. The predicted octanol–water partition coefficient (Wildman–Crippen LogP) is 5.13. The Kier molecular flexibility index (Phi) is 6.34. The fourth-order valence-electron chi connectivity index (χ4n) is 5.61. The van der Waals surface area contributed by atoms with Crippen molar-refractivity contribution in [1.29, 1.82) is 0 Å². The molecule has 0 aromatic rings. The normalized spacial score (nSPS) is 33.2. The fourth-order valence-corrected chi connectivity index (χ4v) is 6.14. The van der Waals surface area contributed by atoms with Crippen LogP contribution in [0, 0.1) is 23.2 Å². The van der Waals surface area contributed by atoms with E-state index in [1.807, 2.05) is 6.92 Å². The summed E-state index contributed by atoms with van der Waals surface area (Å²) in [5, 5.41) is 0. The third-order valence-electron chi connectivity index (χ3n) is 7.15. The molecule has 0 N–H and O–H groups in total. The van der Waals surface area contributed by atoms with Crippen molar-refractivity contribution in [3.05, 3.63) is 11.8 Å². The van der Waals surface area contributed by atoms with E-state index >= 15 is 0 Å². The summed E-state index contributed by atoms with van der Waals surface area (Å²) >= 11 is 0. The van der Waals surface area contributed by atoms with Gasteiger partial charge in [-0.25, -0.2) is 0 Å². The number of ether oxygens (including phenoxy) is 2. The van der Waals surface area contributed by atoms with Crippen LogP contribution in [-0.2, 0) is 23.8 Å². The Labute approximate surface area is 171 Å². The molecule has 2 fully saturated rings. The summed E-state index contributed by atoms with van der Waals surface area (Å²) in [6.45, 7) is 7.44. The Morgan fingerprint density at radius 3 is 2.52 bits per heavy atom. The summed E-state index contributed by atoms with van der Waals surface area (Å²) in [6.07, 6.45) is 7.11. The van der Waals surface area contributed by atoms with E-state index in [0.717, 1.165) is 32.1 Å². The Balaban J connectivity index is 1.63. The lowest BCUT2D eigenvalue weighted by Gasteiger charge is -2.42. The summed E-state index contributed by atoms with van der Waals surface area (Å²) in [5.74, 6) is -0.145. The molecule has 29 heavy (non-hydrogen) atoms. The van der Waals surface area contributed by atoms with E-state index in [-0.39, 0.29) is 17.1 Å². The quantitative estimate of drug-likeness (QED) is 0.406. The van der Waals surface area contributed by atoms with Crippen LogP contribution in [0.5, 0.6) is 0 Å². The van der Waals surface area contributed by atoms with E-state index in [2.05, 4.69) is 18.0 Å². The van der Waals surface area contributed by atoms with Crippen molar-refractivity contribution < 1.29 is 35.2 Å². The van der Waals surface area contributed by atoms with Crippen LogP contribution < -0.4 is 0 Å². The van der Waals surface area contributed by atoms with Crippen LogP contribution in [0.1, 0.15) is 65.7 Å². The second-order valence-electron chi connectivity index (χ2n) is 9.07. The molecule has 3 aliphatic rings. The average molecular weight is 441 g/mol. The molecule has 5 nitrogen and oxygen atoms in total. The Morgan fingerprint density at radius 1 is 1.24 bits per heavy atom. The van der Waals surface area contributed by atoms with Gasteiger partial charge in [-0.1, -0.05) is 20.3 Å². The summed E-state index contributed by atoms with van der Waals surface area (Å²) < 4.78 is 77.2. The largest absolute Gasteiger partial charge is 0.534 e. The second-order valence-corrected chi connectivity index (χ2v) is 10.6. The SMILES string of the molecule is CC(CCCC1(C)OCCO1)C1CCC2C(OS(=O)(=O)C(F)(F)F)=CCCC21C. The van der Waals surface area contributed by atoms with Gasteiger partial charge in [-0.05, 0) is 62.4 Å². The summed E-state index contributed by atoms with van der Waals surface area (Å²) in [4.78, 5) is 0. The highest BCUT2D eigenvalue weighted by Crippen LogP contribution is 2.59. The summed E-state index contributed by atoms with van der Waals surface area (Å²) in [5.41, 5.74) is -5.66. The maximum atomic E-state index is 12.8. The number of hydrogen-bond donors (Lipinski definition) is 0. The van der Waals surface area contributed by atoms with Crippen molar-refractivity contribution in [2.24, 2.45) is 23.2 Å². The third kappa shape index (κ3) is 4.61. The van der Waals surface area contributed by atoms with Crippen LogP contribution in [0.3, 0.4) is 0 Å². The first-order chi connectivity index (χ1) is 13.4. The first-order valence-electron chi connectivity index (χ1n) is 10.4. The maximum Gasteiger partial charge on any atom is 0.534 e. The van der Waals surface area contributed by atoms with Crippen molar-refractivity contribution in [3.63, 3.8) is 0 Å². The maximum absolute atomic E-state index is 12.8. The van der Waals surface area contributed by atoms with E-state index in [0.29, 0.717) is 37.9 Å². The van der Waals surface area contributed by atoms with Crippen molar-refractivity contribution in [2.75, 3.05) is 13.2 Å². The summed E-state index contributed by atoms with van der Waals surface area (Å²) in [6, 6.07) is 0. The molecule has 1 heterocycles. The molecule has 1 saturated carbocycles. The van der Waals surface area contributed by atoms with Crippen molar-refractivity contribution >= 4 is 10.1 Å². The van der Waals surface area contributed by atoms with Gasteiger partial charge in [-0.15, -0.1) is 0 Å². The minimum atomic E-state index is -5.63. The molecular formula is C20H31F3O5S. The van der Waals surface area contributed by atoms with Gasteiger partial charge in [-0.3, -0.25) is 0 Å². The smallest absolute Gasteiger partial charge is 0.381 e. The van der Waals surface area contributed by atoms with E-state index < -0.39 is 21.4 Å². The lowest BCUT2D eigenvalue weighted by atomic mass is 9.63. The van der Waals surface area contributed by atoms with E-state index in [4.69, 9.17) is 9.47 Å². The van der Waals surface area contributed by atoms with Crippen LogP contribution in [0.25, 0.3) is 0 Å². The van der Waals surface area contributed by atoms with Crippen molar-refractivity contribution in [2.45, 2.75) is 77.0 Å². The van der Waals surface area contributed by atoms with Gasteiger partial charge in [0.1, 0.15) is 5.76 Å². The van der Waals surface area contributed by atoms with Gasteiger partial charge in [0, 0.05) is 12.3 Å². The fraction of sp³-hybridized carbons (Fsp3) is 0.900. The zero-order valence-electron chi connectivity index (χ0n) is 17.3. The lowest BCUT2D eigenvalue weighted by molar-refractivity contribution is -0.148. The molecule has 3 rings (SSSR count). The van der Waals surface area contributed by atoms with E-state index in [9.17, 15) is 21.6 Å². The molecule has 9 heteroatoms. The van der Waals surface area contributed by atoms with E-state index in [1.54, 1.807) is 0 Å². The van der Waals surface area contributed by atoms with Crippen LogP contribution in [0.2, 0.25) is 0 Å². The minimum absolute atomic E-state index is 0.0222. The molecule has 0 aromatic carbocycles. The van der Waals surface area contributed by atoms with Crippen molar-refractivity contribution in [1.82, 2.24) is 0 Å². The molecule has 0 aromatic heterocycles. The lowest BCUT2D eigenvalue weighted by Crippen LogP contribution is -2.37. The molecule has 4 atom stereocenters. The van der Waals surface area contributed by atoms with Gasteiger partial charge in [0.05, 0.1) is 13.2 Å². The number of rotatable bonds is 7. The van der Waals surface area contributed by atoms with Crippen LogP contribution >= 0.6 is 0 Å². The average Bonchev–Trinajstić information content (AvgIpc) is 3.17. The second kappa shape index (κ2) is 8.04. The third-order valence-corrected chi connectivity index (χ3v) is 8.13. The predicted molar refractivity (Wildman–Crippen MR) is 101 cm³/mol. The molecule has 0 amide bonds. The number of fused-ring (bicyclic) bond motifs is 1. The van der Waals surface area contributed by atoms with Gasteiger partial charge in [0.25, 0.3) is 0 Å². The topological polar surface area (TPSA) is 61.8 Å². The Morgan fingerprint density at radius 2 is 1.90 bits per heavy atom. The van der Waals surface area contributed by atoms with Crippen molar-refractivity contribution in [3.8, 4) is 0 Å². The van der Waals surface area contributed by atoms with Gasteiger partial charge in [0.2, 0.25) is 0 Å². The van der Waals surface area contributed by atoms with Crippen LogP contribution in [-0.4, -0.2) is 32.9 Å². The highest BCUT2D eigenvalue weighted by molar-refractivity contribution is 7.87. The number of alkyl halides is 3. The Hall–Kier alpha value is -0.800. The van der Waals surface area contributed by atoms with Gasteiger partial charge in [-0.2, -0.15) is 21.6 Å². The molecule has 4 unspecified atom stereocenters. The molecule has 2 aliphatic carbocycles. The minimum Gasteiger partial charge on any atom is -0.381 e. The van der Waals surface area contributed by atoms with Crippen LogP contribution in [0.4, 0.5) is 13.2 Å². The number of hydrogen-bond acceptors (Lipinski definition) is 5. The monoisotopic (exact) mass is 440 g/mol. The molecule has 168 valence electrons. The van der Waals surface area contributed by atoms with E-state index in [1.165, 1.54) is 6.08 Å². The highest BCUT2D eigenvalue weighted by atomic mass is 32.2. The standard InChI is InChI=1S/C20H31F3O5S/c1-14(6-4-11-19(3)26-12-13-27-19)15-8-9-16-17(7-5-10-18(15,16)2)28-29(24,25)20(21,22)23/h7,14-16H,4-6,8-13H2,1-3H3. The Bertz CT molecular complexity index is 727.